The van der Waals surface area contributed by atoms with E-state index in [9.17, 15) is 43.8 Å². The maximum absolute atomic E-state index is 12.6. The number of halogens is 1. The highest BCUT2D eigenvalue weighted by Gasteiger charge is 2.46. The van der Waals surface area contributed by atoms with Crippen LogP contribution in [0.3, 0.4) is 0 Å². The van der Waals surface area contributed by atoms with Crippen LogP contribution in [-0.2, 0) is 4.79 Å². The highest BCUT2D eigenvalue weighted by atomic mass is 35.5. The number of aromatic carboxylic acids is 2. The number of ketones is 1. The molecule has 7 heterocycles. The Morgan fingerprint density at radius 2 is 1.04 bits per heavy atom. The maximum atomic E-state index is 12.6. The van der Waals surface area contributed by atoms with Crippen LogP contribution in [0.25, 0.3) is 0 Å². The molecule has 0 spiro atoms. The fourth-order valence-electron chi connectivity index (χ4n) is 12.6. The number of nitrogens with one attached hydrogen (secondary N) is 3. The Kier molecular flexibility index (Phi) is 23.7. The lowest BCUT2D eigenvalue weighted by atomic mass is 9.83. The number of piperidine rings is 3. The summed E-state index contributed by atoms with van der Waals surface area (Å²) in [5.41, 5.74) is 12.7. The van der Waals surface area contributed by atoms with Gasteiger partial charge in [-0.25, -0.2) is 24.5 Å². The van der Waals surface area contributed by atoms with Gasteiger partial charge in [-0.05, 0) is 176 Å². The first kappa shape index (κ1) is 70.1. The van der Waals surface area contributed by atoms with E-state index in [0.717, 1.165) is 69.5 Å². The van der Waals surface area contributed by atoms with Gasteiger partial charge in [0.2, 0.25) is 5.91 Å². The quantitative estimate of drug-likeness (QED) is 0.0521. The Morgan fingerprint density at radius 3 is 1.52 bits per heavy atom. The van der Waals surface area contributed by atoms with E-state index < -0.39 is 17.5 Å². The number of aromatic nitrogens is 3. The van der Waals surface area contributed by atoms with Crippen molar-refractivity contribution in [3.8, 4) is 0 Å². The first-order chi connectivity index (χ1) is 44.6. The average Bonchev–Trinajstić information content (AvgIpc) is 0.786. The van der Waals surface area contributed by atoms with Crippen LogP contribution in [-0.4, -0.2) is 142 Å². The molecule has 4 fully saturated rings. The molecule has 0 radical (unpaired) electrons. The smallest absolute Gasteiger partial charge is 0.339 e. The summed E-state index contributed by atoms with van der Waals surface area (Å²) in [5.74, 6) is -1.45. The van der Waals surface area contributed by atoms with Gasteiger partial charge in [-0.2, -0.15) is 0 Å². The number of carbonyl (C=O) groups excluding carboxylic acids is 5. The van der Waals surface area contributed by atoms with Gasteiger partial charge in [-0.3, -0.25) is 28.9 Å². The summed E-state index contributed by atoms with van der Waals surface area (Å²) >= 11 is 5.89. The number of nitrogens with zero attached hydrogens (tertiary/aromatic N) is 8. The number of carboxylic acids is 2. The van der Waals surface area contributed by atoms with Gasteiger partial charge in [0.25, 0.3) is 17.7 Å². The lowest BCUT2D eigenvalue weighted by Crippen LogP contribution is -2.63. The predicted octanol–water partition coefficient (Wildman–Crippen LogP) is 12.1. The summed E-state index contributed by atoms with van der Waals surface area (Å²) in [6.45, 7) is 18.1. The third-order valence-electron chi connectivity index (χ3n) is 17.6. The number of amides is 4. The van der Waals surface area contributed by atoms with Gasteiger partial charge in [-0.15, -0.1) is 0 Å². The molecule has 2 unspecified atom stereocenters. The molecule has 4 aromatic carbocycles. The van der Waals surface area contributed by atoms with E-state index in [1.54, 1.807) is 60.8 Å². The van der Waals surface area contributed by atoms with Crippen LogP contribution < -0.4 is 41.3 Å². The number of carbonyl (C=O) groups is 7. The molecule has 11 rings (SSSR count). The second-order valence-electron chi connectivity index (χ2n) is 24.4. The number of likely N-dealkylation sites (tertiary alicyclic amines) is 1. The summed E-state index contributed by atoms with van der Waals surface area (Å²) in [4.78, 5) is 110. The van der Waals surface area contributed by atoms with Gasteiger partial charge >= 0.3 is 11.9 Å². The predicted molar refractivity (Wildman–Crippen MR) is 371 cm³/mol. The molecule has 21 nitrogen and oxygen atoms in total. The molecule has 4 saturated heterocycles. The van der Waals surface area contributed by atoms with Crippen LogP contribution >= 0.6 is 11.6 Å². The number of anilines is 7. The number of nitrogens with two attached hydrogens (primary N) is 1. The molecule has 4 aliphatic rings. The van der Waals surface area contributed by atoms with E-state index in [1.165, 1.54) is 49.1 Å². The molecule has 3 aromatic heterocycles. The summed E-state index contributed by atoms with van der Waals surface area (Å²) in [6.07, 6.45) is 11.3. The Labute approximate surface area is 554 Å². The van der Waals surface area contributed by atoms with Crippen LogP contribution in [0.1, 0.15) is 152 Å². The summed E-state index contributed by atoms with van der Waals surface area (Å²) in [5, 5.41) is 28.3. The molecular formula is C72H85ClN12O9. The lowest BCUT2D eigenvalue weighted by Gasteiger charge is -2.48. The van der Waals surface area contributed by atoms with Crippen molar-refractivity contribution in [2.24, 2.45) is 11.7 Å². The van der Waals surface area contributed by atoms with Crippen molar-refractivity contribution >= 4 is 93.2 Å². The molecule has 494 valence electrons. The first-order valence-corrected chi connectivity index (χ1v) is 31.9. The number of carboxylic acid groups (broad SMARTS) is 2. The van der Waals surface area contributed by atoms with Crippen molar-refractivity contribution in [1.82, 2.24) is 19.9 Å². The molecule has 2 atom stereocenters. The largest absolute Gasteiger partial charge is 0.478 e. The van der Waals surface area contributed by atoms with Crippen molar-refractivity contribution < 1.29 is 43.8 Å². The number of rotatable bonds is 15. The Hall–Kier alpha value is -9.73. The number of piperazine rings is 1. The minimum absolute atomic E-state index is 0. The van der Waals surface area contributed by atoms with E-state index in [1.807, 2.05) is 52.8 Å². The second-order valence-corrected chi connectivity index (χ2v) is 24.8. The number of hydrogen-bond acceptors (Lipinski definition) is 15. The highest BCUT2D eigenvalue weighted by Crippen LogP contribution is 2.36. The van der Waals surface area contributed by atoms with Crippen molar-refractivity contribution in [1.29, 1.82) is 0 Å². The standard InChI is InChI=1S/C26H28N4O3.C25H30ClN5O3.C20H23N3O3.CH4/c1-17-7-6-9-21(13-17)30-12-11-29(16-19(30)3)24-23(26(32)33)14-20(15-27-24)28-25(31)22-10-5-4-8-18(22)2;1-17(32)21-15-20(29-23(33)18-5-7-19(26)8-6-18)16-28-22(21)30-13-9-25(10-14-30,24(27)34)31-11-3-2-4-12-31;1-13-6-5-9-23(12-13)18-17(20(25)26)10-15(11-21-18)22-19(24)16-8-4-3-7-14(16)2;/h4-10,13-15,19H,11-12,16H2,1-3H3,(H,28,31)(H,32,33);5-8,15-16H,2-4,9-14H2,1H3,(H2,27,34)(H,29,33);3-4,7-8,10-11,13H,5-6,9,12H2,1-2H3,(H,22,24)(H,25,26);1H4. The zero-order chi connectivity index (χ0) is 66.5. The van der Waals surface area contributed by atoms with Gasteiger partial charge in [0.05, 0.1) is 41.2 Å². The molecule has 94 heavy (non-hydrogen) atoms. The van der Waals surface area contributed by atoms with Crippen LogP contribution in [0.15, 0.2) is 134 Å². The van der Waals surface area contributed by atoms with Crippen molar-refractivity contribution in [2.75, 3.05) is 94.5 Å². The third-order valence-corrected chi connectivity index (χ3v) is 17.9. The number of benzene rings is 4. The fraction of sp³-hybridized carbons (Fsp3) is 0.361. The van der Waals surface area contributed by atoms with Gasteiger partial charge in [0.15, 0.2) is 5.78 Å². The van der Waals surface area contributed by atoms with E-state index in [-0.39, 0.29) is 54.0 Å². The zero-order valence-electron chi connectivity index (χ0n) is 53.5. The average molecular weight is 1300 g/mol. The van der Waals surface area contributed by atoms with Gasteiger partial charge in [-0.1, -0.05) is 80.9 Å². The molecule has 4 aliphatic heterocycles. The number of Topliss-reactive ketones (excluding diaryl/α,β-unsaturated/α-hetero) is 1. The molecular weight excluding hydrogens is 1210 g/mol. The number of primary amides is 1. The van der Waals surface area contributed by atoms with Crippen LogP contribution in [0.5, 0.6) is 0 Å². The molecule has 0 saturated carbocycles. The minimum atomic E-state index is -1.07. The molecule has 4 amide bonds. The molecule has 0 bridgehead atoms. The molecule has 7 N–H and O–H groups in total. The summed E-state index contributed by atoms with van der Waals surface area (Å²) in [6, 6.07) is 34.3. The number of pyridine rings is 3. The Morgan fingerprint density at radius 1 is 0.543 bits per heavy atom. The maximum Gasteiger partial charge on any atom is 0.339 e. The van der Waals surface area contributed by atoms with E-state index in [0.29, 0.717) is 107 Å². The highest BCUT2D eigenvalue weighted by molar-refractivity contribution is 6.30. The third kappa shape index (κ3) is 17.1. The van der Waals surface area contributed by atoms with E-state index >= 15 is 0 Å². The van der Waals surface area contributed by atoms with Crippen LogP contribution in [0, 0.1) is 26.7 Å². The van der Waals surface area contributed by atoms with E-state index in [2.05, 4.69) is 85.7 Å². The Bertz CT molecular complexity index is 3890. The fourth-order valence-corrected chi connectivity index (χ4v) is 12.7. The van der Waals surface area contributed by atoms with Crippen molar-refractivity contribution in [3.05, 3.63) is 189 Å². The second kappa shape index (κ2) is 31.7. The molecule has 7 aromatic rings. The number of aryl methyl sites for hydroxylation is 3. The molecule has 0 aliphatic carbocycles. The first-order valence-electron chi connectivity index (χ1n) is 31.5. The van der Waals surface area contributed by atoms with Gasteiger partial charge < -0.3 is 51.5 Å². The topological polar surface area (TPSA) is 277 Å². The minimum Gasteiger partial charge on any atom is -0.478 e. The lowest BCUT2D eigenvalue weighted by molar-refractivity contribution is -0.132. The zero-order valence-corrected chi connectivity index (χ0v) is 54.2. The normalized spacial score (nSPS) is 16.9. The van der Waals surface area contributed by atoms with Crippen LogP contribution in [0.2, 0.25) is 5.02 Å². The Balaban J connectivity index is 0.000000182. The summed E-state index contributed by atoms with van der Waals surface area (Å²) in [7, 11) is 0. The number of hydrogen-bond donors (Lipinski definition) is 6. The summed E-state index contributed by atoms with van der Waals surface area (Å²) < 4.78 is 0. The van der Waals surface area contributed by atoms with E-state index in [4.69, 9.17) is 17.3 Å². The van der Waals surface area contributed by atoms with Crippen molar-refractivity contribution in [2.45, 2.75) is 105 Å². The molecule has 22 heteroatoms. The van der Waals surface area contributed by atoms with Crippen LogP contribution in [0.4, 0.5) is 40.2 Å². The SMILES string of the molecule is C.CC(=O)c1cc(NC(=O)c2ccc(Cl)cc2)cnc1N1CCC(C(N)=O)(N2CCCCC2)CC1.Cc1cccc(N2CCN(c3ncc(NC(=O)c4ccccc4C)cc3C(=O)O)CC2C)c1.Cc1ccccc1C(=O)Nc1cnc(N2CCCC(C)C2)c(C(=O)O)c1. The monoisotopic (exact) mass is 1300 g/mol. The van der Waals surface area contributed by atoms with Gasteiger partial charge in [0.1, 0.15) is 34.1 Å². The van der Waals surface area contributed by atoms with Crippen molar-refractivity contribution in [3.63, 3.8) is 0 Å². The van der Waals surface area contributed by atoms with Gasteiger partial charge in [0, 0.05) is 79.3 Å².